The standard InChI is InChI=1S/C26H36N2O4/c1-19(26-28-16-17-32-26)18-23-21(13-14-24(29)30)11-7-12-22(23)25(31)27-15-6-5-10-20-8-3-2-4-9-20/h7,11-12,16-17,19-20H,2-6,8-10,13-15,18H2,1H3,(H,27,31)(H,29,30). The van der Waals surface area contributed by atoms with Gasteiger partial charge in [-0.25, -0.2) is 4.98 Å². The Bertz CT molecular complexity index is 857. The number of carbonyl (C=O) groups is 2. The predicted octanol–water partition coefficient (Wildman–Crippen LogP) is 5.52. The molecule has 0 saturated heterocycles. The maximum atomic E-state index is 13.0. The van der Waals surface area contributed by atoms with Crippen molar-refractivity contribution in [3.8, 4) is 0 Å². The Labute approximate surface area is 190 Å². The molecule has 6 nitrogen and oxygen atoms in total. The van der Waals surface area contributed by atoms with Crippen molar-refractivity contribution >= 4 is 11.9 Å². The molecule has 1 aromatic carbocycles. The van der Waals surface area contributed by atoms with Crippen LogP contribution in [0.1, 0.15) is 98.0 Å². The molecule has 6 heteroatoms. The topological polar surface area (TPSA) is 92.4 Å². The van der Waals surface area contributed by atoms with E-state index in [2.05, 4.69) is 10.3 Å². The molecule has 1 amide bonds. The van der Waals surface area contributed by atoms with E-state index in [4.69, 9.17) is 9.52 Å². The molecule has 3 rings (SSSR count). The van der Waals surface area contributed by atoms with Crippen LogP contribution in [-0.2, 0) is 17.6 Å². The maximum absolute atomic E-state index is 13.0. The molecular weight excluding hydrogens is 404 g/mol. The van der Waals surface area contributed by atoms with Crippen molar-refractivity contribution < 1.29 is 19.1 Å². The van der Waals surface area contributed by atoms with Gasteiger partial charge in [-0.05, 0) is 42.4 Å². The molecule has 174 valence electrons. The number of unbranched alkanes of at least 4 members (excludes halogenated alkanes) is 1. The highest BCUT2D eigenvalue weighted by Gasteiger charge is 2.20. The van der Waals surface area contributed by atoms with E-state index >= 15 is 0 Å². The zero-order valence-corrected chi connectivity index (χ0v) is 19.1. The number of benzene rings is 1. The molecule has 1 aliphatic rings. The van der Waals surface area contributed by atoms with Gasteiger partial charge in [-0.15, -0.1) is 0 Å². The summed E-state index contributed by atoms with van der Waals surface area (Å²) in [7, 11) is 0. The Hall–Kier alpha value is -2.63. The van der Waals surface area contributed by atoms with Gasteiger partial charge in [0.15, 0.2) is 5.89 Å². The van der Waals surface area contributed by atoms with Crippen LogP contribution in [0.2, 0.25) is 0 Å². The molecule has 2 aromatic rings. The molecule has 1 aliphatic carbocycles. The van der Waals surface area contributed by atoms with E-state index in [1.54, 1.807) is 12.5 Å². The zero-order valence-electron chi connectivity index (χ0n) is 19.1. The van der Waals surface area contributed by atoms with E-state index in [0.29, 0.717) is 30.8 Å². The molecule has 0 spiro atoms. The highest BCUT2D eigenvalue weighted by Crippen LogP contribution is 2.28. The Morgan fingerprint density at radius 3 is 2.75 bits per heavy atom. The molecule has 1 aromatic heterocycles. The molecule has 1 fully saturated rings. The fraction of sp³-hybridized carbons (Fsp3) is 0.577. The molecule has 32 heavy (non-hydrogen) atoms. The van der Waals surface area contributed by atoms with Gasteiger partial charge in [-0.2, -0.15) is 0 Å². The number of aliphatic carboxylic acids is 1. The molecule has 0 aliphatic heterocycles. The number of aryl methyl sites for hydroxylation is 1. The number of carbonyl (C=O) groups excluding carboxylic acids is 1. The van der Waals surface area contributed by atoms with Crippen molar-refractivity contribution in [1.29, 1.82) is 0 Å². The van der Waals surface area contributed by atoms with Crippen LogP contribution in [0, 0.1) is 5.92 Å². The average molecular weight is 441 g/mol. The SMILES string of the molecule is CC(Cc1c(CCC(=O)O)cccc1C(=O)NCCCCC1CCCCC1)c1ncco1. The van der Waals surface area contributed by atoms with Gasteiger partial charge in [0.25, 0.3) is 5.91 Å². The summed E-state index contributed by atoms with van der Waals surface area (Å²) >= 11 is 0. The number of amides is 1. The molecule has 1 saturated carbocycles. The van der Waals surface area contributed by atoms with Gasteiger partial charge in [-0.3, -0.25) is 9.59 Å². The number of nitrogens with zero attached hydrogens (tertiary/aromatic N) is 1. The van der Waals surface area contributed by atoms with E-state index in [1.165, 1.54) is 38.5 Å². The van der Waals surface area contributed by atoms with Gasteiger partial charge >= 0.3 is 5.97 Å². The second kappa shape index (κ2) is 12.4. The smallest absolute Gasteiger partial charge is 0.303 e. The van der Waals surface area contributed by atoms with Gasteiger partial charge in [0.2, 0.25) is 0 Å². The summed E-state index contributed by atoms with van der Waals surface area (Å²) in [6, 6.07) is 5.59. The lowest BCUT2D eigenvalue weighted by atomic mass is 9.86. The van der Waals surface area contributed by atoms with E-state index in [9.17, 15) is 9.59 Å². The van der Waals surface area contributed by atoms with E-state index in [-0.39, 0.29) is 18.2 Å². The van der Waals surface area contributed by atoms with Crippen molar-refractivity contribution in [3.63, 3.8) is 0 Å². The minimum atomic E-state index is -0.843. The number of aromatic nitrogens is 1. The zero-order chi connectivity index (χ0) is 22.8. The van der Waals surface area contributed by atoms with Crippen LogP contribution in [0.25, 0.3) is 0 Å². The largest absolute Gasteiger partial charge is 0.481 e. The first kappa shape index (κ1) is 24.0. The molecule has 2 N–H and O–H groups in total. The van der Waals surface area contributed by atoms with Crippen molar-refractivity contribution in [2.45, 2.75) is 83.5 Å². The van der Waals surface area contributed by atoms with Gasteiger partial charge in [0.1, 0.15) is 6.26 Å². The van der Waals surface area contributed by atoms with Crippen LogP contribution >= 0.6 is 0 Å². The van der Waals surface area contributed by atoms with E-state index in [0.717, 1.165) is 29.9 Å². The van der Waals surface area contributed by atoms with Crippen LogP contribution in [0.15, 0.2) is 35.1 Å². The summed E-state index contributed by atoms with van der Waals surface area (Å²) < 4.78 is 5.44. The molecular formula is C26H36N2O4. The lowest BCUT2D eigenvalue weighted by Crippen LogP contribution is -2.26. The molecule has 0 radical (unpaired) electrons. The number of nitrogens with one attached hydrogen (secondary N) is 1. The van der Waals surface area contributed by atoms with Gasteiger partial charge in [-0.1, -0.05) is 64.0 Å². The van der Waals surface area contributed by atoms with Gasteiger partial charge < -0.3 is 14.8 Å². The second-order valence-electron chi connectivity index (χ2n) is 9.07. The van der Waals surface area contributed by atoms with Crippen LogP contribution in [0.3, 0.4) is 0 Å². The fourth-order valence-electron chi connectivity index (χ4n) is 4.77. The van der Waals surface area contributed by atoms with Crippen molar-refractivity contribution in [2.24, 2.45) is 5.92 Å². The summed E-state index contributed by atoms with van der Waals surface area (Å²) in [5.74, 6) is 0.540. The number of hydrogen-bond acceptors (Lipinski definition) is 4. The number of carboxylic acids is 1. The van der Waals surface area contributed by atoms with Crippen LogP contribution < -0.4 is 5.32 Å². The molecule has 1 atom stereocenters. The summed E-state index contributed by atoms with van der Waals surface area (Å²) in [6.07, 6.45) is 14.4. The van der Waals surface area contributed by atoms with E-state index in [1.807, 2.05) is 25.1 Å². The number of rotatable bonds is 12. The average Bonchev–Trinajstić information content (AvgIpc) is 3.34. The fourth-order valence-corrected chi connectivity index (χ4v) is 4.77. The highest BCUT2D eigenvalue weighted by atomic mass is 16.4. The Morgan fingerprint density at radius 2 is 2.03 bits per heavy atom. The van der Waals surface area contributed by atoms with Gasteiger partial charge in [0.05, 0.1) is 6.20 Å². The summed E-state index contributed by atoms with van der Waals surface area (Å²) in [5, 5.41) is 12.2. The van der Waals surface area contributed by atoms with Crippen molar-refractivity contribution in [3.05, 3.63) is 53.2 Å². The van der Waals surface area contributed by atoms with Gasteiger partial charge in [0, 0.05) is 24.4 Å². The number of oxazole rings is 1. The molecule has 0 bridgehead atoms. The first-order valence-corrected chi connectivity index (χ1v) is 12.0. The van der Waals surface area contributed by atoms with Crippen LogP contribution in [-0.4, -0.2) is 28.5 Å². The highest BCUT2D eigenvalue weighted by molar-refractivity contribution is 5.96. The molecule has 1 unspecified atom stereocenters. The molecule has 1 heterocycles. The Morgan fingerprint density at radius 1 is 1.22 bits per heavy atom. The summed E-state index contributed by atoms with van der Waals surface area (Å²) in [5.41, 5.74) is 2.41. The first-order chi connectivity index (χ1) is 15.5. The minimum absolute atomic E-state index is 0.0157. The Kier molecular flexibility index (Phi) is 9.32. The van der Waals surface area contributed by atoms with Crippen molar-refractivity contribution in [2.75, 3.05) is 6.54 Å². The lowest BCUT2D eigenvalue weighted by molar-refractivity contribution is -0.136. The second-order valence-corrected chi connectivity index (χ2v) is 9.07. The maximum Gasteiger partial charge on any atom is 0.303 e. The number of carboxylic acid groups (broad SMARTS) is 1. The normalized spacial score (nSPS) is 15.4. The summed E-state index contributed by atoms with van der Waals surface area (Å²) in [4.78, 5) is 28.4. The minimum Gasteiger partial charge on any atom is -0.481 e. The lowest BCUT2D eigenvalue weighted by Gasteiger charge is -2.21. The quantitative estimate of drug-likeness (QED) is 0.424. The third-order valence-corrected chi connectivity index (χ3v) is 6.56. The van der Waals surface area contributed by atoms with E-state index < -0.39 is 5.97 Å². The summed E-state index contributed by atoms with van der Waals surface area (Å²) in [6.45, 7) is 2.67. The number of hydrogen-bond donors (Lipinski definition) is 2. The third kappa shape index (κ3) is 7.21. The van der Waals surface area contributed by atoms with Crippen molar-refractivity contribution in [1.82, 2.24) is 10.3 Å². The third-order valence-electron chi connectivity index (χ3n) is 6.56. The monoisotopic (exact) mass is 440 g/mol. The first-order valence-electron chi connectivity index (χ1n) is 12.0. The van der Waals surface area contributed by atoms with Crippen LogP contribution in [0.4, 0.5) is 0 Å². The van der Waals surface area contributed by atoms with Crippen LogP contribution in [0.5, 0.6) is 0 Å². The predicted molar refractivity (Wildman–Crippen MR) is 124 cm³/mol. The Balaban J connectivity index is 1.61.